The van der Waals surface area contributed by atoms with Gasteiger partial charge >= 0.3 is 0 Å². The summed E-state index contributed by atoms with van der Waals surface area (Å²) in [6.45, 7) is 1.78. The van der Waals surface area contributed by atoms with Crippen molar-refractivity contribution in [3.8, 4) is 16.3 Å². The maximum absolute atomic E-state index is 9.34. The number of para-hydroxylation sites is 1. The van der Waals surface area contributed by atoms with E-state index in [2.05, 4.69) is 4.98 Å². The molecule has 1 aromatic carbocycles. The Morgan fingerprint density at radius 2 is 2.18 bits per heavy atom. The number of hydrogen-bond acceptors (Lipinski definition) is 4. The Kier molecular flexibility index (Phi) is 3.76. The van der Waals surface area contributed by atoms with Crippen molar-refractivity contribution in [1.82, 2.24) is 4.98 Å². The van der Waals surface area contributed by atoms with E-state index in [9.17, 15) is 5.11 Å². The van der Waals surface area contributed by atoms with E-state index < -0.39 is 0 Å². The van der Waals surface area contributed by atoms with Crippen LogP contribution in [0.5, 0.6) is 5.75 Å². The lowest BCUT2D eigenvalue weighted by molar-refractivity contribution is 0.196. The summed E-state index contributed by atoms with van der Waals surface area (Å²) in [5.74, 6) is 0.824. The fraction of sp³-hybridized carbons (Fsp3) is 0.308. The number of hydrogen-bond donors (Lipinski definition) is 1. The lowest BCUT2D eigenvalue weighted by Gasteiger charge is -2.04. The van der Waals surface area contributed by atoms with E-state index >= 15 is 0 Å². The van der Waals surface area contributed by atoms with Crippen molar-refractivity contribution in [2.75, 3.05) is 7.11 Å². The van der Waals surface area contributed by atoms with Crippen molar-refractivity contribution in [3.05, 3.63) is 35.3 Å². The average molecular weight is 249 g/mol. The van der Waals surface area contributed by atoms with Crippen LogP contribution in [0.2, 0.25) is 0 Å². The van der Waals surface area contributed by atoms with Gasteiger partial charge in [-0.25, -0.2) is 4.98 Å². The van der Waals surface area contributed by atoms with Gasteiger partial charge in [-0.3, -0.25) is 0 Å². The van der Waals surface area contributed by atoms with Crippen molar-refractivity contribution in [2.45, 2.75) is 19.4 Å². The average Bonchev–Trinajstić information content (AvgIpc) is 2.76. The molecule has 0 saturated carbocycles. The molecule has 1 atom stereocenters. The molecule has 2 aromatic rings. The summed E-state index contributed by atoms with van der Waals surface area (Å²) in [5, 5.41) is 10.3. The molecular weight excluding hydrogens is 234 g/mol. The number of thiazole rings is 1. The minimum absolute atomic E-state index is 0.332. The largest absolute Gasteiger partial charge is 0.496 e. The second-order valence-electron chi connectivity index (χ2n) is 3.89. The third kappa shape index (κ3) is 2.84. The molecule has 0 fully saturated rings. The van der Waals surface area contributed by atoms with Gasteiger partial charge in [0.05, 0.1) is 18.8 Å². The van der Waals surface area contributed by atoms with Crippen LogP contribution in [0.15, 0.2) is 30.5 Å². The smallest absolute Gasteiger partial charge is 0.129 e. The molecule has 90 valence electrons. The number of rotatable bonds is 4. The fourth-order valence-electron chi connectivity index (χ4n) is 1.64. The zero-order valence-corrected chi connectivity index (χ0v) is 10.7. The van der Waals surface area contributed by atoms with Crippen LogP contribution in [0.4, 0.5) is 0 Å². The molecule has 1 aromatic heterocycles. The second kappa shape index (κ2) is 5.29. The summed E-state index contributed by atoms with van der Waals surface area (Å²) >= 11 is 1.59. The minimum Gasteiger partial charge on any atom is -0.496 e. The molecule has 0 spiro atoms. The highest BCUT2D eigenvalue weighted by molar-refractivity contribution is 7.15. The van der Waals surface area contributed by atoms with Crippen molar-refractivity contribution in [2.24, 2.45) is 0 Å². The van der Waals surface area contributed by atoms with E-state index in [1.807, 2.05) is 30.5 Å². The van der Waals surface area contributed by atoms with Gasteiger partial charge in [-0.15, -0.1) is 11.3 Å². The molecule has 3 nitrogen and oxygen atoms in total. The highest BCUT2D eigenvalue weighted by atomic mass is 32.1. The predicted molar refractivity (Wildman–Crippen MR) is 69.5 cm³/mol. The number of methoxy groups -OCH3 is 1. The van der Waals surface area contributed by atoms with Gasteiger partial charge < -0.3 is 9.84 Å². The number of benzene rings is 1. The van der Waals surface area contributed by atoms with Crippen molar-refractivity contribution >= 4 is 11.3 Å². The molecule has 2 rings (SSSR count). The van der Waals surface area contributed by atoms with Gasteiger partial charge in [0.2, 0.25) is 0 Å². The van der Waals surface area contributed by atoms with Gasteiger partial charge in [0.25, 0.3) is 0 Å². The predicted octanol–water partition coefficient (Wildman–Crippen LogP) is 2.74. The third-order valence-electron chi connectivity index (χ3n) is 2.39. The first-order valence-corrected chi connectivity index (χ1v) is 6.28. The zero-order valence-electron chi connectivity index (χ0n) is 9.88. The Balaban J connectivity index is 2.30. The molecule has 1 heterocycles. The summed E-state index contributed by atoms with van der Waals surface area (Å²) in [5.41, 5.74) is 0.997. The monoisotopic (exact) mass is 249 g/mol. The van der Waals surface area contributed by atoms with Crippen molar-refractivity contribution in [1.29, 1.82) is 0 Å². The van der Waals surface area contributed by atoms with Gasteiger partial charge in [-0.05, 0) is 19.1 Å². The minimum atomic E-state index is -0.332. The van der Waals surface area contributed by atoms with Crippen molar-refractivity contribution < 1.29 is 9.84 Å². The van der Waals surface area contributed by atoms with E-state index in [-0.39, 0.29) is 6.10 Å². The van der Waals surface area contributed by atoms with Crippen molar-refractivity contribution in [3.63, 3.8) is 0 Å². The molecule has 4 heteroatoms. The second-order valence-corrected chi connectivity index (χ2v) is 5.00. The summed E-state index contributed by atoms with van der Waals surface area (Å²) < 4.78 is 5.31. The topological polar surface area (TPSA) is 42.4 Å². The Labute approximate surface area is 105 Å². The van der Waals surface area contributed by atoms with Crippen LogP contribution in [-0.2, 0) is 6.42 Å². The number of ether oxygens (including phenoxy) is 1. The van der Waals surface area contributed by atoms with Crippen LogP contribution in [0.1, 0.15) is 11.8 Å². The van der Waals surface area contributed by atoms with E-state index in [1.54, 1.807) is 25.4 Å². The molecular formula is C13H15NO2S. The quantitative estimate of drug-likeness (QED) is 0.906. The van der Waals surface area contributed by atoms with Crippen LogP contribution in [-0.4, -0.2) is 23.3 Å². The van der Waals surface area contributed by atoms with E-state index in [0.717, 1.165) is 21.2 Å². The number of aromatic nitrogens is 1. The maximum atomic E-state index is 9.34. The summed E-state index contributed by atoms with van der Waals surface area (Å²) in [7, 11) is 1.66. The Bertz CT molecular complexity index is 494. The molecule has 0 aliphatic rings. The summed E-state index contributed by atoms with van der Waals surface area (Å²) in [4.78, 5) is 5.46. The highest BCUT2D eigenvalue weighted by Gasteiger charge is 2.10. The van der Waals surface area contributed by atoms with Gasteiger partial charge in [0.15, 0.2) is 0 Å². The first kappa shape index (κ1) is 12.1. The number of nitrogens with zero attached hydrogens (tertiary/aromatic N) is 1. The first-order valence-electron chi connectivity index (χ1n) is 5.47. The van der Waals surface area contributed by atoms with E-state index in [4.69, 9.17) is 4.74 Å². The highest BCUT2D eigenvalue weighted by Crippen LogP contribution is 2.32. The fourth-order valence-corrected chi connectivity index (χ4v) is 2.70. The van der Waals surface area contributed by atoms with Gasteiger partial charge in [0.1, 0.15) is 10.8 Å². The molecule has 0 aliphatic carbocycles. The molecule has 0 radical (unpaired) electrons. The Morgan fingerprint density at radius 1 is 1.41 bits per heavy atom. The summed E-state index contributed by atoms with van der Waals surface area (Å²) in [6, 6.07) is 7.81. The lowest BCUT2D eigenvalue weighted by atomic mass is 10.2. The maximum Gasteiger partial charge on any atom is 0.129 e. The Hall–Kier alpha value is -1.39. The molecule has 0 saturated heterocycles. The normalized spacial score (nSPS) is 12.4. The molecule has 17 heavy (non-hydrogen) atoms. The van der Waals surface area contributed by atoms with Gasteiger partial charge in [-0.2, -0.15) is 0 Å². The molecule has 0 bridgehead atoms. The Morgan fingerprint density at radius 3 is 2.88 bits per heavy atom. The van der Waals surface area contributed by atoms with Crippen LogP contribution in [0.25, 0.3) is 10.6 Å². The zero-order chi connectivity index (χ0) is 12.3. The number of aliphatic hydroxyl groups is 1. The van der Waals surface area contributed by atoms with E-state index in [0.29, 0.717) is 6.42 Å². The van der Waals surface area contributed by atoms with Crippen LogP contribution < -0.4 is 4.74 Å². The van der Waals surface area contributed by atoms with Crippen LogP contribution in [0.3, 0.4) is 0 Å². The van der Waals surface area contributed by atoms with Gasteiger partial charge in [-0.1, -0.05) is 12.1 Å². The number of aliphatic hydroxyl groups excluding tert-OH is 1. The summed E-state index contributed by atoms with van der Waals surface area (Å²) in [6.07, 6.45) is 2.13. The lowest BCUT2D eigenvalue weighted by Crippen LogP contribution is -2.01. The van der Waals surface area contributed by atoms with Crippen LogP contribution in [0, 0.1) is 0 Å². The molecule has 1 unspecified atom stereocenters. The molecule has 0 amide bonds. The molecule has 0 aliphatic heterocycles. The SMILES string of the molecule is COc1ccccc1-c1ncc(CC(C)O)s1. The van der Waals surface area contributed by atoms with E-state index in [1.165, 1.54) is 0 Å². The standard InChI is InChI=1S/C13H15NO2S/c1-9(15)7-10-8-14-13(17-10)11-5-3-4-6-12(11)16-2/h3-6,8-9,15H,7H2,1-2H3. The third-order valence-corrected chi connectivity index (χ3v) is 3.44. The first-order chi connectivity index (χ1) is 8.20. The van der Waals surface area contributed by atoms with Gasteiger partial charge in [0, 0.05) is 17.5 Å². The molecule has 1 N–H and O–H groups in total. The van der Waals surface area contributed by atoms with Crippen LogP contribution >= 0.6 is 11.3 Å².